The van der Waals surface area contributed by atoms with Crippen LogP contribution in [0, 0.1) is 20.3 Å². The molecule has 4 atom stereocenters. The maximum atomic E-state index is 2.40. The molecule has 0 aromatic carbocycles. The zero-order valence-electron chi connectivity index (χ0n) is 12.7. The normalized spacial score (nSPS) is 27.5. The molecule has 0 nitrogen and oxygen atoms in total. The van der Waals surface area contributed by atoms with E-state index < -0.39 is 0 Å². The predicted octanol–water partition coefficient (Wildman–Crippen LogP) is 5.23. The second-order valence-corrected chi connectivity index (χ2v) is 7.61. The van der Waals surface area contributed by atoms with Crippen LogP contribution in [0.2, 0.25) is 0 Å². The van der Waals surface area contributed by atoms with E-state index in [0.29, 0.717) is 0 Å². The molecule has 3 heteroatoms. The Morgan fingerprint density at radius 3 is 1.53 bits per heavy atom. The van der Waals surface area contributed by atoms with E-state index in [1.807, 2.05) is 0 Å². The van der Waals surface area contributed by atoms with Crippen LogP contribution in [0.3, 0.4) is 0 Å². The third-order valence-corrected chi connectivity index (χ3v) is 6.76. The first-order valence-corrected chi connectivity index (χ1v) is 9.19. The molecule has 0 aromatic rings. The minimum atomic E-state index is 0. The van der Waals surface area contributed by atoms with E-state index in [-0.39, 0.29) is 36.6 Å². The van der Waals surface area contributed by atoms with Gasteiger partial charge < -0.3 is 14.9 Å². The van der Waals surface area contributed by atoms with Crippen LogP contribution in [-0.2, 0) is 21.7 Å². The molecule has 1 rings (SSSR count). The van der Waals surface area contributed by atoms with Gasteiger partial charge in [-0.3, -0.25) is 0 Å². The Hall–Kier alpha value is 1.57. The fourth-order valence-electron chi connectivity index (χ4n) is 2.91. The predicted molar refractivity (Wildman–Crippen MR) is 85.7 cm³/mol. The second-order valence-electron chi connectivity index (χ2n) is 4.82. The summed E-state index contributed by atoms with van der Waals surface area (Å²) in [5, 5.41) is 0. The van der Waals surface area contributed by atoms with Gasteiger partial charge in [0.05, 0.1) is 0 Å². The van der Waals surface area contributed by atoms with E-state index in [0.717, 1.165) is 16.7 Å². The molecule has 0 aliphatic heterocycles. The van der Waals surface area contributed by atoms with Crippen molar-refractivity contribution in [3.8, 4) is 0 Å². The van der Waals surface area contributed by atoms with Gasteiger partial charge in [0, 0.05) is 0 Å². The first-order chi connectivity index (χ1) is 6.69. The molecule has 1 fully saturated rings. The van der Waals surface area contributed by atoms with Crippen molar-refractivity contribution in [3.05, 3.63) is 14.9 Å². The SMILES string of the molecule is CCC1(CC)CC(PC)CC(PC)C1.[CH3-].[CH3-].[Ti+2]. The quantitative estimate of drug-likeness (QED) is 0.379. The van der Waals surface area contributed by atoms with E-state index >= 15 is 0 Å². The molecule has 0 spiro atoms. The van der Waals surface area contributed by atoms with Gasteiger partial charge in [-0.05, 0) is 49.3 Å². The molecule has 0 bridgehead atoms. The molecule has 0 aromatic heterocycles. The van der Waals surface area contributed by atoms with Gasteiger partial charge in [0.25, 0.3) is 0 Å². The van der Waals surface area contributed by atoms with Crippen molar-refractivity contribution in [2.45, 2.75) is 57.3 Å². The van der Waals surface area contributed by atoms with Gasteiger partial charge in [-0.1, -0.05) is 26.7 Å². The van der Waals surface area contributed by atoms with Crippen LogP contribution in [-0.4, -0.2) is 24.6 Å². The van der Waals surface area contributed by atoms with Gasteiger partial charge >= 0.3 is 21.7 Å². The molecule has 0 saturated heterocycles. The van der Waals surface area contributed by atoms with Crippen LogP contribution in [0.5, 0.6) is 0 Å². The van der Waals surface area contributed by atoms with Gasteiger partial charge in [-0.2, -0.15) is 0 Å². The molecule has 0 radical (unpaired) electrons. The summed E-state index contributed by atoms with van der Waals surface area (Å²) in [5.41, 5.74) is 2.83. The monoisotopic (exact) mass is 310 g/mol. The molecule has 17 heavy (non-hydrogen) atoms. The Morgan fingerprint density at radius 1 is 0.941 bits per heavy atom. The molecule has 102 valence electrons. The number of hydrogen-bond donors (Lipinski definition) is 0. The standard InChI is InChI=1S/C12H26P2.2CH3.Ti/c1-5-12(6-2)8-10(13-3)7-11(9-12)14-4;;;/h10-11,13-14H,5-9H2,1-4H3;2*1H3;/q;2*-1;+2. The van der Waals surface area contributed by atoms with E-state index in [1.165, 1.54) is 49.3 Å². The average molecular weight is 310 g/mol. The summed E-state index contributed by atoms with van der Waals surface area (Å²) < 4.78 is 0. The largest absolute Gasteiger partial charge is 2.00 e. The molecule has 0 amide bonds. The van der Waals surface area contributed by atoms with E-state index in [4.69, 9.17) is 0 Å². The molecule has 1 aliphatic carbocycles. The smallest absolute Gasteiger partial charge is 0.358 e. The topological polar surface area (TPSA) is 0 Å². The summed E-state index contributed by atoms with van der Waals surface area (Å²) in [4.78, 5) is 0. The molecular weight excluding hydrogens is 278 g/mol. The molecule has 1 aliphatic rings. The number of hydrogen-bond acceptors (Lipinski definition) is 0. The molecular formula is C14H32P2Ti. The zero-order valence-corrected chi connectivity index (χ0v) is 16.3. The molecule has 0 N–H and O–H groups in total. The first-order valence-electron chi connectivity index (χ1n) is 6.04. The zero-order chi connectivity index (χ0) is 10.6. The van der Waals surface area contributed by atoms with Crippen molar-refractivity contribution in [1.29, 1.82) is 0 Å². The summed E-state index contributed by atoms with van der Waals surface area (Å²) in [6.45, 7) is 9.62. The maximum Gasteiger partial charge on any atom is 2.00 e. The van der Waals surface area contributed by atoms with Gasteiger partial charge in [-0.15, -0.1) is 17.2 Å². The number of rotatable bonds is 4. The second kappa shape index (κ2) is 11.4. The van der Waals surface area contributed by atoms with E-state index in [9.17, 15) is 0 Å². The van der Waals surface area contributed by atoms with Gasteiger partial charge in [0.15, 0.2) is 0 Å². The minimum absolute atomic E-state index is 0. The Kier molecular flexibility index (Phi) is 15.9. The molecule has 0 heterocycles. The van der Waals surface area contributed by atoms with Crippen molar-refractivity contribution in [2.75, 3.05) is 13.3 Å². The third kappa shape index (κ3) is 6.52. The summed E-state index contributed by atoms with van der Waals surface area (Å²) in [5.74, 6) is 0. The summed E-state index contributed by atoms with van der Waals surface area (Å²) in [6.07, 6.45) is 7.40. The summed E-state index contributed by atoms with van der Waals surface area (Å²) in [7, 11) is 2.35. The Labute approximate surface area is 129 Å². The summed E-state index contributed by atoms with van der Waals surface area (Å²) in [6, 6.07) is 0. The Balaban J connectivity index is -0.000000653. The fourth-order valence-corrected chi connectivity index (χ4v) is 5.46. The van der Waals surface area contributed by atoms with Crippen LogP contribution in [0.25, 0.3) is 0 Å². The fraction of sp³-hybridized carbons (Fsp3) is 0.857. The van der Waals surface area contributed by atoms with Gasteiger partial charge in [-0.25, -0.2) is 0 Å². The van der Waals surface area contributed by atoms with E-state index in [2.05, 4.69) is 27.2 Å². The van der Waals surface area contributed by atoms with E-state index in [1.54, 1.807) is 0 Å². The average Bonchev–Trinajstić information content (AvgIpc) is 2.28. The minimum Gasteiger partial charge on any atom is -0.358 e. The van der Waals surface area contributed by atoms with Crippen LogP contribution < -0.4 is 0 Å². The first kappa shape index (κ1) is 23.7. The molecule has 1 saturated carbocycles. The van der Waals surface area contributed by atoms with Crippen molar-refractivity contribution in [1.82, 2.24) is 0 Å². The van der Waals surface area contributed by atoms with Crippen LogP contribution >= 0.6 is 17.2 Å². The van der Waals surface area contributed by atoms with Gasteiger partial charge in [0.1, 0.15) is 0 Å². The Bertz CT molecular complexity index is 156. The van der Waals surface area contributed by atoms with Crippen molar-refractivity contribution >= 4 is 17.2 Å². The van der Waals surface area contributed by atoms with Crippen LogP contribution in [0.4, 0.5) is 0 Å². The third-order valence-electron chi connectivity index (χ3n) is 4.24. The van der Waals surface area contributed by atoms with Gasteiger partial charge in [0.2, 0.25) is 0 Å². The maximum absolute atomic E-state index is 2.40. The Morgan fingerprint density at radius 2 is 1.29 bits per heavy atom. The van der Waals surface area contributed by atoms with Crippen molar-refractivity contribution in [2.24, 2.45) is 5.41 Å². The van der Waals surface area contributed by atoms with Crippen LogP contribution in [0.1, 0.15) is 46.0 Å². The van der Waals surface area contributed by atoms with Crippen molar-refractivity contribution < 1.29 is 21.7 Å². The molecule has 4 unspecified atom stereocenters. The summed E-state index contributed by atoms with van der Waals surface area (Å²) >= 11 is 0. The van der Waals surface area contributed by atoms with Crippen LogP contribution in [0.15, 0.2) is 0 Å². The van der Waals surface area contributed by atoms with Crippen molar-refractivity contribution in [3.63, 3.8) is 0 Å².